The van der Waals surface area contributed by atoms with Crippen molar-refractivity contribution in [1.29, 1.82) is 0 Å². The molecular formula is C12H11ClF3NO2. The molecule has 2 atom stereocenters. The zero-order chi connectivity index (χ0) is 14.2. The minimum Gasteiger partial charge on any atom is -0.481 e. The number of carboxylic acid groups (broad SMARTS) is 1. The number of alkyl halides is 3. The lowest BCUT2D eigenvalue weighted by atomic mass is 9.79. The molecule has 0 spiro atoms. The van der Waals surface area contributed by atoms with Crippen molar-refractivity contribution < 1.29 is 23.1 Å². The molecule has 2 N–H and O–H groups in total. The monoisotopic (exact) mass is 293 g/mol. The van der Waals surface area contributed by atoms with Gasteiger partial charge in [-0.15, -0.1) is 0 Å². The lowest BCUT2D eigenvalue weighted by Gasteiger charge is -2.35. The highest BCUT2D eigenvalue weighted by Crippen LogP contribution is 2.41. The van der Waals surface area contributed by atoms with Gasteiger partial charge in [0.2, 0.25) is 0 Å². The molecule has 1 aromatic carbocycles. The smallest absolute Gasteiger partial charge is 0.418 e. The van der Waals surface area contributed by atoms with Crippen LogP contribution in [0.5, 0.6) is 0 Å². The Morgan fingerprint density at radius 2 is 2.05 bits per heavy atom. The Morgan fingerprint density at radius 3 is 2.53 bits per heavy atom. The summed E-state index contributed by atoms with van der Waals surface area (Å²) >= 11 is 5.78. The molecule has 1 aromatic rings. The fourth-order valence-electron chi connectivity index (χ4n) is 2.06. The van der Waals surface area contributed by atoms with Crippen LogP contribution in [0.3, 0.4) is 0 Å². The maximum atomic E-state index is 12.8. The Hall–Kier alpha value is -1.43. The number of hydrogen-bond acceptors (Lipinski definition) is 2. The Bertz CT molecular complexity index is 504. The normalized spacial score (nSPS) is 22.7. The molecule has 1 aliphatic rings. The summed E-state index contributed by atoms with van der Waals surface area (Å²) in [6.07, 6.45) is -3.56. The highest BCUT2D eigenvalue weighted by Gasteiger charge is 2.40. The number of hydrogen-bond donors (Lipinski definition) is 2. The molecule has 0 amide bonds. The van der Waals surface area contributed by atoms with E-state index in [0.717, 1.165) is 6.07 Å². The third kappa shape index (κ3) is 2.78. The number of anilines is 1. The number of carbonyl (C=O) groups is 1. The van der Waals surface area contributed by atoms with E-state index in [0.29, 0.717) is 12.8 Å². The van der Waals surface area contributed by atoms with Gasteiger partial charge in [0.15, 0.2) is 0 Å². The number of halogens is 4. The quantitative estimate of drug-likeness (QED) is 0.894. The number of rotatable bonds is 3. The van der Waals surface area contributed by atoms with Crippen LogP contribution < -0.4 is 5.32 Å². The first kappa shape index (κ1) is 14.0. The largest absolute Gasteiger partial charge is 0.481 e. The summed E-state index contributed by atoms with van der Waals surface area (Å²) in [7, 11) is 0. The van der Waals surface area contributed by atoms with Crippen LogP contribution in [-0.2, 0) is 11.0 Å². The second-order valence-corrected chi connectivity index (χ2v) is 4.84. The van der Waals surface area contributed by atoms with Crippen molar-refractivity contribution in [2.45, 2.75) is 25.1 Å². The van der Waals surface area contributed by atoms with Crippen LogP contribution in [0.15, 0.2) is 18.2 Å². The summed E-state index contributed by atoms with van der Waals surface area (Å²) < 4.78 is 38.5. The van der Waals surface area contributed by atoms with E-state index in [1.54, 1.807) is 0 Å². The number of aliphatic carboxylic acids is 1. The molecule has 0 saturated heterocycles. The topological polar surface area (TPSA) is 49.3 Å². The molecule has 0 aromatic heterocycles. The van der Waals surface area contributed by atoms with Gasteiger partial charge in [-0.05, 0) is 25.0 Å². The minimum absolute atomic E-state index is 0.0640. The van der Waals surface area contributed by atoms with Crippen LogP contribution in [0.4, 0.5) is 18.9 Å². The molecule has 7 heteroatoms. The van der Waals surface area contributed by atoms with Gasteiger partial charge in [0, 0.05) is 6.04 Å². The van der Waals surface area contributed by atoms with E-state index in [4.69, 9.17) is 16.7 Å². The molecule has 1 aliphatic carbocycles. The van der Waals surface area contributed by atoms with Crippen molar-refractivity contribution in [3.63, 3.8) is 0 Å². The number of nitrogens with one attached hydrogen (secondary N) is 1. The van der Waals surface area contributed by atoms with Gasteiger partial charge in [-0.2, -0.15) is 13.2 Å². The maximum absolute atomic E-state index is 12.8. The SMILES string of the molecule is O=C(O)C1CCC1Nc1c(Cl)cccc1C(F)(F)F. The summed E-state index contributed by atoms with van der Waals surface area (Å²) in [5.74, 6) is -1.68. The predicted molar refractivity (Wildman–Crippen MR) is 64.2 cm³/mol. The van der Waals surface area contributed by atoms with Crippen molar-refractivity contribution in [2.24, 2.45) is 5.92 Å². The highest BCUT2D eigenvalue weighted by atomic mass is 35.5. The van der Waals surface area contributed by atoms with Gasteiger partial charge in [0.1, 0.15) is 0 Å². The number of carboxylic acids is 1. The van der Waals surface area contributed by atoms with E-state index in [9.17, 15) is 18.0 Å². The third-order valence-corrected chi connectivity index (χ3v) is 3.56. The second kappa shape index (κ2) is 4.92. The molecule has 2 rings (SSSR count). The third-order valence-electron chi connectivity index (χ3n) is 3.24. The molecule has 3 nitrogen and oxygen atoms in total. The first-order chi connectivity index (χ1) is 8.80. The molecule has 0 aliphatic heterocycles. The van der Waals surface area contributed by atoms with E-state index in [1.165, 1.54) is 12.1 Å². The molecular weight excluding hydrogens is 283 g/mol. The summed E-state index contributed by atoms with van der Waals surface area (Å²) in [4.78, 5) is 10.9. The van der Waals surface area contributed by atoms with Gasteiger partial charge in [-0.3, -0.25) is 4.79 Å². The predicted octanol–water partition coefficient (Wildman–Crippen LogP) is 3.63. The standard InChI is InChI=1S/C12H11ClF3NO2/c13-8-3-1-2-7(12(14,15)16)10(8)17-9-5-4-6(9)11(18)19/h1-3,6,9,17H,4-5H2,(H,18,19). The van der Waals surface area contributed by atoms with Crippen LogP contribution in [0, 0.1) is 5.92 Å². The first-order valence-electron chi connectivity index (χ1n) is 5.65. The van der Waals surface area contributed by atoms with Crippen molar-refractivity contribution in [1.82, 2.24) is 0 Å². The Morgan fingerprint density at radius 1 is 1.37 bits per heavy atom. The average molecular weight is 294 g/mol. The Balaban J connectivity index is 2.27. The average Bonchev–Trinajstić information content (AvgIpc) is 2.23. The van der Waals surface area contributed by atoms with Gasteiger partial charge >= 0.3 is 12.1 Å². The fraction of sp³-hybridized carbons (Fsp3) is 0.417. The van der Waals surface area contributed by atoms with Gasteiger partial charge in [0.25, 0.3) is 0 Å². The Labute approximate surface area is 112 Å². The lowest BCUT2D eigenvalue weighted by Crippen LogP contribution is -2.43. The molecule has 19 heavy (non-hydrogen) atoms. The van der Waals surface area contributed by atoms with Crippen LogP contribution in [0.1, 0.15) is 18.4 Å². The summed E-state index contributed by atoms with van der Waals surface area (Å²) in [6, 6.07) is 2.96. The van der Waals surface area contributed by atoms with E-state index in [2.05, 4.69) is 5.32 Å². The molecule has 104 valence electrons. The number of para-hydroxylation sites is 1. The van der Waals surface area contributed by atoms with Crippen molar-refractivity contribution in [3.8, 4) is 0 Å². The van der Waals surface area contributed by atoms with Gasteiger partial charge < -0.3 is 10.4 Å². The van der Waals surface area contributed by atoms with Crippen molar-refractivity contribution in [2.75, 3.05) is 5.32 Å². The molecule has 0 bridgehead atoms. The van der Waals surface area contributed by atoms with E-state index < -0.39 is 29.7 Å². The van der Waals surface area contributed by atoms with Crippen LogP contribution >= 0.6 is 11.6 Å². The zero-order valence-corrected chi connectivity index (χ0v) is 10.4. The summed E-state index contributed by atoms with van der Waals surface area (Å²) in [5, 5.41) is 11.4. The van der Waals surface area contributed by atoms with Crippen molar-refractivity contribution >= 4 is 23.3 Å². The van der Waals surface area contributed by atoms with Crippen LogP contribution in [-0.4, -0.2) is 17.1 Å². The number of benzene rings is 1. The molecule has 2 unspecified atom stereocenters. The summed E-state index contributed by atoms with van der Waals surface area (Å²) in [5.41, 5.74) is -1.12. The lowest BCUT2D eigenvalue weighted by molar-refractivity contribution is -0.144. The molecule has 0 radical (unpaired) electrons. The molecule has 1 saturated carbocycles. The first-order valence-corrected chi connectivity index (χ1v) is 6.03. The van der Waals surface area contributed by atoms with Crippen LogP contribution in [0.2, 0.25) is 5.02 Å². The second-order valence-electron chi connectivity index (χ2n) is 4.43. The van der Waals surface area contributed by atoms with Crippen LogP contribution in [0.25, 0.3) is 0 Å². The molecule has 1 fully saturated rings. The van der Waals surface area contributed by atoms with Crippen molar-refractivity contribution in [3.05, 3.63) is 28.8 Å². The van der Waals surface area contributed by atoms with Gasteiger partial charge in [-0.25, -0.2) is 0 Å². The maximum Gasteiger partial charge on any atom is 0.418 e. The van der Waals surface area contributed by atoms with E-state index in [-0.39, 0.29) is 10.7 Å². The van der Waals surface area contributed by atoms with Gasteiger partial charge in [0.05, 0.1) is 22.2 Å². The summed E-state index contributed by atoms with van der Waals surface area (Å²) in [6.45, 7) is 0. The molecule has 0 heterocycles. The van der Waals surface area contributed by atoms with E-state index >= 15 is 0 Å². The minimum atomic E-state index is -4.53. The fourth-order valence-corrected chi connectivity index (χ4v) is 2.29. The van der Waals surface area contributed by atoms with E-state index in [1.807, 2.05) is 0 Å². The Kier molecular flexibility index (Phi) is 3.62. The van der Waals surface area contributed by atoms with Gasteiger partial charge in [-0.1, -0.05) is 17.7 Å². The highest BCUT2D eigenvalue weighted by molar-refractivity contribution is 6.33. The zero-order valence-electron chi connectivity index (χ0n) is 9.67.